The molecule has 1 heterocycles. The number of ether oxygens (including phenoxy) is 2. The number of benzene rings is 2. The highest BCUT2D eigenvalue weighted by Crippen LogP contribution is 2.34. The van der Waals surface area contributed by atoms with Gasteiger partial charge in [0.1, 0.15) is 11.3 Å². The molecule has 9 heteroatoms. The van der Waals surface area contributed by atoms with Crippen molar-refractivity contribution in [2.45, 2.75) is 6.18 Å². The number of nitrogens with one attached hydrogen (secondary N) is 1. The van der Waals surface area contributed by atoms with E-state index < -0.39 is 35.9 Å². The van der Waals surface area contributed by atoms with E-state index in [1.54, 1.807) is 30.3 Å². The van der Waals surface area contributed by atoms with Crippen LogP contribution in [0.3, 0.4) is 0 Å². The number of alkyl halides is 3. The van der Waals surface area contributed by atoms with Gasteiger partial charge in [-0.25, -0.2) is 9.78 Å². The minimum Gasteiger partial charge on any atom is -0.452 e. The minimum atomic E-state index is -4.64. The first kappa shape index (κ1) is 20.8. The van der Waals surface area contributed by atoms with Crippen LogP contribution in [0.2, 0.25) is 0 Å². The summed E-state index contributed by atoms with van der Waals surface area (Å²) in [5, 5.41) is 2.10. The Morgan fingerprint density at radius 3 is 2.37 bits per heavy atom. The van der Waals surface area contributed by atoms with Gasteiger partial charge in [0.2, 0.25) is 5.88 Å². The monoisotopic (exact) mass is 416 g/mol. The number of pyridine rings is 1. The quantitative estimate of drug-likeness (QED) is 0.590. The van der Waals surface area contributed by atoms with Gasteiger partial charge in [0, 0.05) is 6.20 Å². The SMILES string of the molecule is O=C(COC(=O)c1cccnc1Oc1ccccc1)Nc1ccccc1C(F)(F)F. The van der Waals surface area contributed by atoms with Gasteiger partial charge in [-0.1, -0.05) is 30.3 Å². The highest BCUT2D eigenvalue weighted by Gasteiger charge is 2.33. The van der Waals surface area contributed by atoms with Crippen molar-refractivity contribution in [1.29, 1.82) is 0 Å². The van der Waals surface area contributed by atoms with Crippen LogP contribution in [0.15, 0.2) is 72.9 Å². The third kappa shape index (κ3) is 5.34. The molecule has 1 aromatic heterocycles. The third-order valence-corrected chi connectivity index (χ3v) is 3.79. The Kier molecular flexibility index (Phi) is 6.31. The summed E-state index contributed by atoms with van der Waals surface area (Å²) in [6.07, 6.45) is -3.23. The van der Waals surface area contributed by atoms with Gasteiger partial charge in [-0.05, 0) is 36.4 Å². The molecule has 0 radical (unpaired) electrons. The van der Waals surface area contributed by atoms with Gasteiger partial charge in [-0.15, -0.1) is 0 Å². The number of nitrogens with zero attached hydrogens (tertiary/aromatic N) is 1. The molecular formula is C21H15F3N2O4. The molecule has 0 fully saturated rings. The summed E-state index contributed by atoms with van der Waals surface area (Å²) in [6, 6.07) is 16.0. The molecule has 0 saturated heterocycles. The second-order valence-electron chi connectivity index (χ2n) is 5.94. The van der Waals surface area contributed by atoms with Crippen LogP contribution >= 0.6 is 0 Å². The largest absolute Gasteiger partial charge is 0.452 e. The summed E-state index contributed by atoms with van der Waals surface area (Å²) in [5.74, 6) is -1.42. The van der Waals surface area contributed by atoms with Crippen LogP contribution < -0.4 is 10.1 Å². The van der Waals surface area contributed by atoms with Crippen molar-refractivity contribution in [2.75, 3.05) is 11.9 Å². The fraction of sp³-hybridized carbons (Fsp3) is 0.0952. The zero-order valence-corrected chi connectivity index (χ0v) is 15.3. The van der Waals surface area contributed by atoms with Crippen molar-refractivity contribution in [3.8, 4) is 11.6 Å². The van der Waals surface area contributed by atoms with E-state index >= 15 is 0 Å². The van der Waals surface area contributed by atoms with Crippen LogP contribution in [0.25, 0.3) is 0 Å². The number of halogens is 3. The maximum absolute atomic E-state index is 13.0. The van der Waals surface area contributed by atoms with Gasteiger partial charge in [0.25, 0.3) is 5.91 Å². The molecule has 0 aliphatic rings. The van der Waals surface area contributed by atoms with Crippen LogP contribution in [0.5, 0.6) is 11.6 Å². The van der Waals surface area contributed by atoms with Gasteiger partial charge >= 0.3 is 12.1 Å². The molecule has 0 bridgehead atoms. The molecule has 3 rings (SSSR count). The molecule has 1 N–H and O–H groups in total. The fourth-order valence-electron chi connectivity index (χ4n) is 2.46. The Morgan fingerprint density at radius 2 is 1.63 bits per heavy atom. The van der Waals surface area contributed by atoms with Crippen molar-refractivity contribution in [2.24, 2.45) is 0 Å². The lowest BCUT2D eigenvalue weighted by Gasteiger charge is -2.14. The number of anilines is 1. The molecule has 3 aromatic rings. The van der Waals surface area contributed by atoms with Crippen LogP contribution in [-0.4, -0.2) is 23.5 Å². The maximum Gasteiger partial charge on any atom is 0.418 e. The highest BCUT2D eigenvalue weighted by molar-refractivity contribution is 5.96. The average Bonchev–Trinajstić information content (AvgIpc) is 2.73. The van der Waals surface area contributed by atoms with E-state index in [1.165, 1.54) is 30.5 Å². The third-order valence-electron chi connectivity index (χ3n) is 3.79. The Hall–Kier alpha value is -3.88. The van der Waals surface area contributed by atoms with Crippen LogP contribution in [0.4, 0.5) is 18.9 Å². The lowest BCUT2D eigenvalue weighted by atomic mass is 10.1. The smallest absolute Gasteiger partial charge is 0.418 e. The van der Waals surface area contributed by atoms with Crippen molar-refractivity contribution in [1.82, 2.24) is 4.98 Å². The summed E-state index contributed by atoms with van der Waals surface area (Å²) in [7, 11) is 0. The molecule has 0 aliphatic carbocycles. The summed E-state index contributed by atoms with van der Waals surface area (Å²) in [6.45, 7) is -0.787. The van der Waals surface area contributed by atoms with Gasteiger partial charge in [0.15, 0.2) is 6.61 Å². The lowest BCUT2D eigenvalue weighted by Crippen LogP contribution is -2.23. The number of carbonyl (C=O) groups excluding carboxylic acids is 2. The van der Waals surface area contributed by atoms with E-state index in [1.807, 2.05) is 0 Å². The van der Waals surface area contributed by atoms with Crippen LogP contribution in [-0.2, 0) is 15.7 Å². The van der Waals surface area contributed by atoms with Gasteiger partial charge in [-0.2, -0.15) is 13.2 Å². The predicted octanol–water partition coefficient (Wildman–Crippen LogP) is 4.69. The Morgan fingerprint density at radius 1 is 0.933 bits per heavy atom. The number of esters is 1. The number of amides is 1. The Bertz CT molecular complexity index is 1040. The molecule has 154 valence electrons. The molecule has 0 saturated carbocycles. The number of hydrogen-bond acceptors (Lipinski definition) is 5. The van der Waals surface area contributed by atoms with Crippen molar-refractivity contribution in [3.63, 3.8) is 0 Å². The molecule has 6 nitrogen and oxygen atoms in total. The van der Waals surface area contributed by atoms with Crippen molar-refractivity contribution in [3.05, 3.63) is 84.1 Å². The maximum atomic E-state index is 13.0. The van der Waals surface area contributed by atoms with Gasteiger partial charge in [-0.3, -0.25) is 4.79 Å². The lowest BCUT2D eigenvalue weighted by molar-refractivity contribution is -0.137. The van der Waals surface area contributed by atoms with Crippen LogP contribution in [0.1, 0.15) is 15.9 Å². The fourth-order valence-corrected chi connectivity index (χ4v) is 2.46. The first-order chi connectivity index (χ1) is 14.3. The number of carbonyl (C=O) groups is 2. The van der Waals surface area contributed by atoms with E-state index in [-0.39, 0.29) is 11.4 Å². The molecule has 0 unspecified atom stereocenters. The molecule has 0 spiro atoms. The second-order valence-corrected chi connectivity index (χ2v) is 5.94. The van der Waals surface area contributed by atoms with Crippen molar-refractivity contribution < 1.29 is 32.2 Å². The Balaban J connectivity index is 1.65. The molecule has 1 amide bonds. The van der Waals surface area contributed by atoms with E-state index in [0.717, 1.165) is 12.1 Å². The first-order valence-corrected chi connectivity index (χ1v) is 8.65. The zero-order chi connectivity index (χ0) is 21.6. The number of aromatic nitrogens is 1. The first-order valence-electron chi connectivity index (χ1n) is 8.65. The second kappa shape index (κ2) is 9.08. The standard InChI is InChI=1S/C21H15F3N2O4/c22-21(23,24)16-10-4-5-11-17(16)26-18(27)13-29-20(28)15-9-6-12-25-19(15)30-14-7-2-1-3-8-14/h1-12H,13H2,(H,26,27). The molecular weight excluding hydrogens is 401 g/mol. The normalized spacial score (nSPS) is 10.9. The van der Waals surface area contributed by atoms with E-state index in [9.17, 15) is 22.8 Å². The molecule has 30 heavy (non-hydrogen) atoms. The van der Waals surface area contributed by atoms with E-state index in [4.69, 9.17) is 9.47 Å². The number of rotatable bonds is 6. The van der Waals surface area contributed by atoms with Crippen molar-refractivity contribution >= 4 is 17.6 Å². The molecule has 2 aromatic carbocycles. The molecule has 0 atom stereocenters. The zero-order valence-electron chi connectivity index (χ0n) is 15.3. The summed E-state index contributed by atoms with van der Waals surface area (Å²) in [5.41, 5.74) is -1.47. The number of para-hydroxylation sites is 2. The summed E-state index contributed by atoms with van der Waals surface area (Å²) < 4.78 is 49.5. The van der Waals surface area contributed by atoms with E-state index in [0.29, 0.717) is 5.75 Å². The number of hydrogen-bond donors (Lipinski definition) is 1. The Labute approximate surface area is 169 Å². The summed E-state index contributed by atoms with van der Waals surface area (Å²) in [4.78, 5) is 28.3. The minimum absolute atomic E-state index is 0.0310. The highest BCUT2D eigenvalue weighted by atomic mass is 19.4. The predicted molar refractivity (Wildman–Crippen MR) is 101 cm³/mol. The van der Waals surface area contributed by atoms with Gasteiger partial charge < -0.3 is 14.8 Å². The topological polar surface area (TPSA) is 77.5 Å². The molecule has 0 aliphatic heterocycles. The van der Waals surface area contributed by atoms with Crippen LogP contribution in [0, 0.1) is 0 Å². The van der Waals surface area contributed by atoms with Gasteiger partial charge in [0.05, 0.1) is 11.3 Å². The van der Waals surface area contributed by atoms with E-state index in [2.05, 4.69) is 10.3 Å². The summed E-state index contributed by atoms with van der Waals surface area (Å²) >= 11 is 0. The average molecular weight is 416 g/mol.